The number of aliphatic imine (C=N–C) groups is 1. The second kappa shape index (κ2) is 4.39. The summed E-state index contributed by atoms with van der Waals surface area (Å²) in [5.74, 6) is 1.77. The fraction of sp³-hybridized carbons (Fsp3) is 0.909. The summed E-state index contributed by atoms with van der Waals surface area (Å²) in [4.78, 5) is 6.64. The van der Waals surface area contributed by atoms with E-state index in [0.717, 1.165) is 37.9 Å². The Hall–Kier alpha value is -0.770. The van der Waals surface area contributed by atoms with Crippen LogP contribution in [0.1, 0.15) is 26.7 Å². The van der Waals surface area contributed by atoms with Crippen LogP contribution in [0, 0.1) is 5.92 Å². The third kappa shape index (κ3) is 2.62. The molecule has 2 rings (SSSR count). The fourth-order valence-electron chi connectivity index (χ4n) is 2.01. The van der Waals surface area contributed by atoms with Crippen molar-refractivity contribution in [1.29, 1.82) is 0 Å². The van der Waals surface area contributed by atoms with Crippen molar-refractivity contribution in [2.75, 3.05) is 19.6 Å². The van der Waals surface area contributed by atoms with Crippen molar-refractivity contribution < 1.29 is 5.11 Å². The van der Waals surface area contributed by atoms with E-state index in [1.54, 1.807) is 0 Å². The summed E-state index contributed by atoms with van der Waals surface area (Å²) in [7, 11) is 0. The maximum absolute atomic E-state index is 9.49. The van der Waals surface area contributed by atoms with Gasteiger partial charge in [0, 0.05) is 25.7 Å². The van der Waals surface area contributed by atoms with E-state index in [2.05, 4.69) is 22.1 Å². The van der Waals surface area contributed by atoms with Gasteiger partial charge >= 0.3 is 0 Å². The number of β-amino-alcohol motifs (C(OH)–C–C–N with tert-alkyl or cyclic N) is 1. The van der Waals surface area contributed by atoms with Gasteiger partial charge in [0.2, 0.25) is 0 Å². The van der Waals surface area contributed by atoms with Gasteiger partial charge in [-0.25, -0.2) is 0 Å². The Balaban J connectivity index is 1.91. The van der Waals surface area contributed by atoms with Crippen LogP contribution in [0.25, 0.3) is 0 Å². The van der Waals surface area contributed by atoms with Gasteiger partial charge in [-0.15, -0.1) is 0 Å². The fourth-order valence-corrected chi connectivity index (χ4v) is 2.01. The van der Waals surface area contributed by atoms with Crippen LogP contribution in [0.15, 0.2) is 4.99 Å². The number of aliphatic hydroxyl groups excluding tert-OH is 1. The maximum Gasteiger partial charge on any atom is 0.194 e. The lowest BCUT2D eigenvalue weighted by atomic mass is 10.3. The number of likely N-dealkylation sites (tertiary alicyclic amines) is 1. The molecule has 1 aliphatic carbocycles. The van der Waals surface area contributed by atoms with E-state index in [4.69, 9.17) is 0 Å². The minimum atomic E-state index is -0.175. The van der Waals surface area contributed by atoms with Gasteiger partial charge in [-0.05, 0) is 25.7 Å². The first-order valence-electron chi connectivity index (χ1n) is 5.94. The minimum absolute atomic E-state index is 0.175. The van der Waals surface area contributed by atoms with Gasteiger partial charge in [0.25, 0.3) is 0 Å². The molecule has 3 atom stereocenters. The average molecular weight is 211 g/mol. The zero-order valence-electron chi connectivity index (χ0n) is 9.61. The highest BCUT2D eigenvalue weighted by molar-refractivity contribution is 5.81. The number of rotatable bonds is 2. The van der Waals surface area contributed by atoms with Gasteiger partial charge in [-0.3, -0.25) is 4.99 Å². The summed E-state index contributed by atoms with van der Waals surface area (Å²) in [5, 5.41) is 13.0. The standard InChI is InChI=1S/C11H21N3O/c1-3-12-11(13-10-6-8(10)2)14-5-4-9(15)7-14/h8-10,15H,3-7H2,1-2H3,(H,12,13)/t8?,9-,10?/m1/s1. The van der Waals surface area contributed by atoms with E-state index >= 15 is 0 Å². The first kappa shape index (κ1) is 10.7. The average Bonchev–Trinajstić information content (AvgIpc) is 2.72. The SMILES string of the molecule is CCN=C(NC1CC1C)N1CC[C@@H](O)C1. The van der Waals surface area contributed by atoms with E-state index in [0.29, 0.717) is 6.04 Å². The third-order valence-corrected chi connectivity index (χ3v) is 3.19. The van der Waals surface area contributed by atoms with Gasteiger partial charge < -0.3 is 15.3 Å². The molecule has 2 N–H and O–H groups in total. The molecule has 1 saturated carbocycles. The molecule has 0 spiro atoms. The van der Waals surface area contributed by atoms with Crippen molar-refractivity contribution in [1.82, 2.24) is 10.2 Å². The van der Waals surface area contributed by atoms with Crippen molar-refractivity contribution in [2.24, 2.45) is 10.9 Å². The summed E-state index contributed by atoms with van der Waals surface area (Å²) in [5.41, 5.74) is 0. The second-order valence-corrected chi connectivity index (χ2v) is 4.65. The van der Waals surface area contributed by atoms with Gasteiger partial charge in [0.05, 0.1) is 6.10 Å². The molecule has 2 aliphatic rings. The second-order valence-electron chi connectivity index (χ2n) is 4.65. The molecule has 0 radical (unpaired) electrons. The lowest BCUT2D eigenvalue weighted by Crippen LogP contribution is -2.42. The highest BCUT2D eigenvalue weighted by Gasteiger charge is 2.35. The molecule has 1 aliphatic heterocycles. The molecule has 0 amide bonds. The van der Waals surface area contributed by atoms with E-state index in [1.807, 2.05) is 6.92 Å². The van der Waals surface area contributed by atoms with E-state index < -0.39 is 0 Å². The van der Waals surface area contributed by atoms with Crippen molar-refractivity contribution in [3.8, 4) is 0 Å². The molecule has 1 heterocycles. The zero-order chi connectivity index (χ0) is 10.8. The summed E-state index contributed by atoms with van der Waals surface area (Å²) >= 11 is 0. The predicted octanol–water partition coefficient (Wildman–Crippen LogP) is 0.427. The Bertz CT molecular complexity index is 254. The topological polar surface area (TPSA) is 47.9 Å². The molecular formula is C11H21N3O. The maximum atomic E-state index is 9.49. The first-order chi connectivity index (χ1) is 7.20. The van der Waals surface area contributed by atoms with Crippen LogP contribution in [0.3, 0.4) is 0 Å². The molecule has 15 heavy (non-hydrogen) atoms. The van der Waals surface area contributed by atoms with E-state index in [-0.39, 0.29) is 6.10 Å². The largest absolute Gasteiger partial charge is 0.391 e. The quantitative estimate of drug-likeness (QED) is 0.514. The number of nitrogens with zero attached hydrogens (tertiary/aromatic N) is 2. The number of hydrogen-bond donors (Lipinski definition) is 2. The summed E-state index contributed by atoms with van der Waals surface area (Å²) in [6.45, 7) is 6.75. The van der Waals surface area contributed by atoms with E-state index in [1.165, 1.54) is 6.42 Å². The van der Waals surface area contributed by atoms with Crippen LogP contribution in [0.5, 0.6) is 0 Å². The zero-order valence-corrected chi connectivity index (χ0v) is 9.61. The molecule has 86 valence electrons. The number of aliphatic hydroxyl groups is 1. The van der Waals surface area contributed by atoms with Gasteiger partial charge in [-0.1, -0.05) is 6.92 Å². The first-order valence-corrected chi connectivity index (χ1v) is 5.94. The Morgan fingerprint density at radius 2 is 2.33 bits per heavy atom. The highest BCUT2D eigenvalue weighted by atomic mass is 16.3. The molecule has 0 bridgehead atoms. The van der Waals surface area contributed by atoms with Crippen LogP contribution in [0.2, 0.25) is 0 Å². The smallest absolute Gasteiger partial charge is 0.194 e. The summed E-state index contributed by atoms with van der Waals surface area (Å²) < 4.78 is 0. The molecule has 2 fully saturated rings. The van der Waals surface area contributed by atoms with Crippen LogP contribution >= 0.6 is 0 Å². The highest BCUT2D eigenvalue weighted by Crippen LogP contribution is 2.29. The van der Waals surface area contributed by atoms with Gasteiger partial charge in [0.1, 0.15) is 0 Å². The van der Waals surface area contributed by atoms with Crippen LogP contribution in [0.4, 0.5) is 0 Å². The van der Waals surface area contributed by atoms with Gasteiger partial charge in [-0.2, -0.15) is 0 Å². The van der Waals surface area contributed by atoms with Crippen molar-refractivity contribution in [2.45, 2.75) is 38.8 Å². The molecule has 4 heteroatoms. The van der Waals surface area contributed by atoms with Crippen LogP contribution in [-0.4, -0.2) is 47.7 Å². The van der Waals surface area contributed by atoms with Crippen molar-refractivity contribution in [3.05, 3.63) is 0 Å². The number of hydrogen-bond acceptors (Lipinski definition) is 2. The number of guanidine groups is 1. The normalized spacial score (nSPS) is 35.8. The Labute approximate surface area is 91.4 Å². The molecule has 1 saturated heterocycles. The van der Waals surface area contributed by atoms with Crippen LogP contribution in [-0.2, 0) is 0 Å². The molecule has 4 nitrogen and oxygen atoms in total. The lowest BCUT2D eigenvalue weighted by molar-refractivity contribution is 0.187. The lowest BCUT2D eigenvalue weighted by Gasteiger charge is -2.21. The predicted molar refractivity (Wildman–Crippen MR) is 60.9 cm³/mol. The van der Waals surface area contributed by atoms with Crippen molar-refractivity contribution in [3.63, 3.8) is 0 Å². The molecular weight excluding hydrogens is 190 g/mol. The van der Waals surface area contributed by atoms with Crippen molar-refractivity contribution >= 4 is 5.96 Å². The summed E-state index contributed by atoms with van der Waals surface area (Å²) in [6.07, 6.45) is 1.94. The monoisotopic (exact) mass is 211 g/mol. The molecule has 0 aromatic rings. The minimum Gasteiger partial charge on any atom is -0.391 e. The Morgan fingerprint density at radius 1 is 1.60 bits per heavy atom. The number of nitrogens with one attached hydrogen (secondary N) is 1. The Morgan fingerprint density at radius 3 is 2.80 bits per heavy atom. The Kier molecular flexibility index (Phi) is 3.14. The summed E-state index contributed by atoms with van der Waals surface area (Å²) in [6, 6.07) is 0.605. The third-order valence-electron chi connectivity index (χ3n) is 3.19. The molecule has 0 aromatic heterocycles. The molecule has 0 aromatic carbocycles. The van der Waals surface area contributed by atoms with Crippen LogP contribution < -0.4 is 5.32 Å². The molecule has 2 unspecified atom stereocenters. The van der Waals surface area contributed by atoms with E-state index in [9.17, 15) is 5.11 Å². The van der Waals surface area contributed by atoms with Gasteiger partial charge in [0.15, 0.2) is 5.96 Å².